The van der Waals surface area contributed by atoms with Gasteiger partial charge in [-0.2, -0.15) is 5.10 Å². The minimum absolute atomic E-state index is 0.412. The van der Waals surface area contributed by atoms with Crippen molar-refractivity contribution in [2.75, 3.05) is 34.5 Å². The molecule has 0 bridgehead atoms. The summed E-state index contributed by atoms with van der Waals surface area (Å²) in [6.45, 7) is 1.18. The maximum Gasteiger partial charge on any atom is 0.187 e. The number of hydrazone groups is 1. The average Bonchev–Trinajstić information content (AvgIpc) is 2.47. The summed E-state index contributed by atoms with van der Waals surface area (Å²) < 4.78 is 15.3. The average molecular weight is 332 g/mol. The third kappa shape index (κ3) is 5.74. The summed E-state index contributed by atoms with van der Waals surface area (Å²) in [6.07, 6.45) is 1.58. The Morgan fingerprint density at radius 3 is 2.71 bits per heavy atom. The molecule has 8 heteroatoms. The van der Waals surface area contributed by atoms with Gasteiger partial charge in [-0.3, -0.25) is 5.43 Å². The molecule has 0 saturated heterocycles. The number of hydrogen-bond acceptors (Lipinski definition) is 5. The highest BCUT2D eigenvalue weighted by molar-refractivity contribution is 7.80. The maximum atomic E-state index is 6.10. The number of methoxy groups -OCH3 is 3. The molecular formula is C13H18ClN3O3S. The van der Waals surface area contributed by atoms with Crippen molar-refractivity contribution < 1.29 is 14.2 Å². The van der Waals surface area contributed by atoms with Crippen LogP contribution in [0.15, 0.2) is 17.2 Å². The van der Waals surface area contributed by atoms with Gasteiger partial charge in [0, 0.05) is 13.7 Å². The van der Waals surface area contributed by atoms with Crippen LogP contribution in [0.1, 0.15) is 5.56 Å². The fourth-order valence-corrected chi connectivity index (χ4v) is 1.94. The van der Waals surface area contributed by atoms with Gasteiger partial charge in [0.2, 0.25) is 0 Å². The van der Waals surface area contributed by atoms with Crippen LogP contribution in [0.5, 0.6) is 11.5 Å². The predicted octanol–water partition coefficient (Wildman–Crippen LogP) is 1.80. The summed E-state index contributed by atoms with van der Waals surface area (Å²) in [7, 11) is 4.70. The van der Waals surface area contributed by atoms with E-state index in [1.807, 2.05) is 0 Å². The summed E-state index contributed by atoms with van der Waals surface area (Å²) in [5.41, 5.74) is 3.45. The molecule has 0 radical (unpaired) electrons. The van der Waals surface area contributed by atoms with Crippen molar-refractivity contribution in [2.24, 2.45) is 5.10 Å². The van der Waals surface area contributed by atoms with E-state index in [2.05, 4.69) is 15.8 Å². The lowest BCUT2D eigenvalue weighted by Gasteiger charge is -2.10. The number of nitrogens with one attached hydrogen (secondary N) is 2. The monoisotopic (exact) mass is 331 g/mol. The number of hydrogen-bond donors (Lipinski definition) is 2. The normalized spacial score (nSPS) is 10.5. The smallest absolute Gasteiger partial charge is 0.187 e. The molecule has 2 N–H and O–H groups in total. The van der Waals surface area contributed by atoms with E-state index in [9.17, 15) is 0 Å². The molecule has 1 aromatic rings. The van der Waals surface area contributed by atoms with Gasteiger partial charge in [-0.25, -0.2) is 0 Å². The Morgan fingerprint density at radius 2 is 2.10 bits per heavy atom. The summed E-state index contributed by atoms with van der Waals surface area (Å²) in [5, 5.41) is 7.81. The Bertz CT molecular complexity index is 512. The zero-order valence-electron chi connectivity index (χ0n) is 12.1. The summed E-state index contributed by atoms with van der Waals surface area (Å²) in [4.78, 5) is 0. The highest BCUT2D eigenvalue weighted by atomic mass is 35.5. The van der Waals surface area contributed by atoms with E-state index < -0.39 is 0 Å². The minimum atomic E-state index is 0.412. The molecule has 0 atom stereocenters. The van der Waals surface area contributed by atoms with Gasteiger partial charge in [0.1, 0.15) is 0 Å². The molecule has 21 heavy (non-hydrogen) atoms. The third-order valence-electron chi connectivity index (χ3n) is 2.43. The van der Waals surface area contributed by atoms with E-state index in [0.717, 1.165) is 5.56 Å². The Hall–Kier alpha value is -1.57. The van der Waals surface area contributed by atoms with Gasteiger partial charge < -0.3 is 19.5 Å². The van der Waals surface area contributed by atoms with Crippen LogP contribution in [0.25, 0.3) is 0 Å². The first kappa shape index (κ1) is 17.5. The van der Waals surface area contributed by atoms with Gasteiger partial charge in [0.15, 0.2) is 16.6 Å². The lowest BCUT2D eigenvalue weighted by molar-refractivity contribution is 0.204. The largest absolute Gasteiger partial charge is 0.493 e. The van der Waals surface area contributed by atoms with Crippen molar-refractivity contribution >= 4 is 35.1 Å². The zero-order valence-corrected chi connectivity index (χ0v) is 13.7. The molecule has 0 saturated carbocycles. The van der Waals surface area contributed by atoms with Crippen LogP contribution in [0, 0.1) is 0 Å². The van der Waals surface area contributed by atoms with Crippen molar-refractivity contribution in [3.05, 3.63) is 22.7 Å². The third-order valence-corrected chi connectivity index (χ3v) is 2.94. The predicted molar refractivity (Wildman–Crippen MR) is 87.8 cm³/mol. The van der Waals surface area contributed by atoms with Gasteiger partial charge >= 0.3 is 0 Å². The number of thiocarbonyl (C=S) groups is 1. The minimum Gasteiger partial charge on any atom is -0.493 e. The van der Waals surface area contributed by atoms with E-state index >= 15 is 0 Å². The molecule has 0 amide bonds. The van der Waals surface area contributed by atoms with Crippen LogP contribution in [0.4, 0.5) is 0 Å². The van der Waals surface area contributed by atoms with Crippen molar-refractivity contribution in [3.63, 3.8) is 0 Å². The van der Waals surface area contributed by atoms with E-state index in [1.54, 1.807) is 32.6 Å². The van der Waals surface area contributed by atoms with Crippen molar-refractivity contribution in [1.82, 2.24) is 10.7 Å². The Labute approximate surface area is 134 Å². The van der Waals surface area contributed by atoms with E-state index in [4.69, 9.17) is 38.0 Å². The van der Waals surface area contributed by atoms with Crippen molar-refractivity contribution in [3.8, 4) is 11.5 Å². The SMILES string of the molecule is COCCNC(=S)NN=Cc1cc(Cl)c(OC)c(OC)c1. The molecule has 0 unspecified atom stereocenters. The zero-order chi connectivity index (χ0) is 15.7. The second kappa shape index (κ2) is 9.38. The summed E-state index contributed by atoms with van der Waals surface area (Å²) in [5.74, 6) is 1.02. The molecule has 0 fully saturated rings. The van der Waals surface area contributed by atoms with Crippen LogP contribution >= 0.6 is 23.8 Å². The van der Waals surface area contributed by atoms with Crippen LogP contribution in [0.3, 0.4) is 0 Å². The Morgan fingerprint density at radius 1 is 1.33 bits per heavy atom. The molecule has 0 spiro atoms. The van der Waals surface area contributed by atoms with Crippen LogP contribution in [-0.2, 0) is 4.74 Å². The molecule has 1 aromatic carbocycles. The Balaban J connectivity index is 2.64. The highest BCUT2D eigenvalue weighted by Crippen LogP contribution is 2.35. The van der Waals surface area contributed by atoms with E-state index in [-0.39, 0.29) is 0 Å². The number of rotatable bonds is 7. The fourth-order valence-electron chi connectivity index (χ4n) is 1.48. The van der Waals surface area contributed by atoms with Crippen LogP contribution in [-0.4, -0.2) is 45.8 Å². The number of nitrogens with zero attached hydrogens (tertiary/aromatic N) is 1. The van der Waals surface area contributed by atoms with Gasteiger partial charge in [0.25, 0.3) is 0 Å². The topological polar surface area (TPSA) is 64.1 Å². The van der Waals surface area contributed by atoms with Gasteiger partial charge in [-0.15, -0.1) is 0 Å². The molecule has 0 heterocycles. The van der Waals surface area contributed by atoms with Gasteiger partial charge in [-0.05, 0) is 29.9 Å². The number of benzene rings is 1. The molecule has 116 valence electrons. The first-order valence-corrected chi connectivity index (χ1v) is 6.88. The second-order valence-electron chi connectivity index (χ2n) is 3.86. The van der Waals surface area contributed by atoms with E-state index in [0.29, 0.717) is 34.8 Å². The van der Waals surface area contributed by atoms with Crippen LogP contribution in [0.2, 0.25) is 5.02 Å². The first-order chi connectivity index (χ1) is 10.1. The molecule has 1 rings (SSSR count). The van der Waals surface area contributed by atoms with Crippen LogP contribution < -0.4 is 20.2 Å². The number of ether oxygens (including phenoxy) is 3. The second-order valence-corrected chi connectivity index (χ2v) is 4.67. The molecule has 6 nitrogen and oxygen atoms in total. The lowest BCUT2D eigenvalue weighted by atomic mass is 10.2. The Kier molecular flexibility index (Phi) is 7.81. The number of halogens is 1. The van der Waals surface area contributed by atoms with Crippen molar-refractivity contribution in [1.29, 1.82) is 0 Å². The molecule has 0 aliphatic rings. The maximum absolute atomic E-state index is 6.10. The lowest BCUT2D eigenvalue weighted by Crippen LogP contribution is -2.34. The van der Waals surface area contributed by atoms with Gasteiger partial charge in [-0.1, -0.05) is 11.6 Å². The van der Waals surface area contributed by atoms with E-state index in [1.165, 1.54) is 7.11 Å². The first-order valence-electron chi connectivity index (χ1n) is 6.09. The quantitative estimate of drug-likeness (QED) is 0.344. The molecular weight excluding hydrogens is 314 g/mol. The molecule has 0 aliphatic carbocycles. The summed E-state index contributed by atoms with van der Waals surface area (Å²) in [6, 6.07) is 3.48. The molecule has 0 aliphatic heterocycles. The summed E-state index contributed by atoms with van der Waals surface area (Å²) >= 11 is 11.1. The fraction of sp³-hybridized carbons (Fsp3) is 0.385. The molecule has 0 aromatic heterocycles. The standard InChI is InChI=1S/C13H18ClN3O3S/c1-18-5-4-15-13(21)17-16-8-9-6-10(14)12(20-3)11(7-9)19-2/h6-8H,4-5H2,1-3H3,(H2,15,17,21). The highest BCUT2D eigenvalue weighted by Gasteiger charge is 2.09. The van der Waals surface area contributed by atoms with Crippen molar-refractivity contribution in [2.45, 2.75) is 0 Å². The van der Waals surface area contributed by atoms with Gasteiger partial charge in [0.05, 0.1) is 32.1 Å².